The van der Waals surface area contributed by atoms with Crippen molar-refractivity contribution in [3.05, 3.63) is 57.3 Å². The van der Waals surface area contributed by atoms with Crippen molar-refractivity contribution in [2.45, 2.75) is 6.61 Å². The molecule has 2 rings (SSSR count). The lowest BCUT2D eigenvalue weighted by Crippen LogP contribution is -1.99. The molecular formula is C13H10BrClFNO. The quantitative estimate of drug-likeness (QED) is 0.846. The monoisotopic (exact) mass is 329 g/mol. The number of halogens is 3. The molecule has 0 heterocycles. The van der Waals surface area contributed by atoms with Gasteiger partial charge in [-0.15, -0.1) is 0 Å². The van der Waals surface area contributed by atoms with E-state index in [1.54, 1.807) is 24.3 Å². The molecule has 0 unspecified atom stereocenters. The molecule has 0 aliphatic rings. The highest BCUT2D eigenvalue weighted by atomic mass is 79.9. The van der Waals surface area contributed by atoms with Crippen LogP contribution in [0.25, 0.3) is 0 Å². The summed E-state index contributed by atoms with van der Waals surface area (Å²) in [4.78, 5) is 0. The number of hydrogen-bond acceptors (Lipinski definition) is 2. The molecular weight excluding hydrogens is 321 g/mol. The zero-order valence-corrected chi connectivity index (χ0v) is 11.6. The number of ether oxygens (including phenoxy) is 1. The van der Waals surface area contributed by atoms with E-state index in [0.717, 1.165) is 0 Å². The summed E-state index contributed by atoms with van der Waals surface area (Å²) in [6, 6.07) is 9.56. The minimum absolute atomic E-state index is 0.223. The molecule has 5 heteroatoms. The van der Waals surface area contributed by atoms with Crippen molar-refractivity contribution >= 4 is 33.2 Å². The van der Waals surface area contributed by atoms with Crippen LogP contribution in [0.5, 0.6) is 5.75 Å². The van der Waals surface area contributed by atoms with Gasteiger partial charge in [0.15, 0.2) is 0 Å². The molecule has 2 aromatic carbocycles. The van der Waals surface area contributed by atoms with E-state index in [4.69, 9.17) is 22.1 Å². The maximum absolute atomic E-state index is 13.2. The Bertz CT molecular complexity index is 557. The Labute approximate surface area is 118 Å². The van der Waals surface area contributed by atoms with Crippen molar-refractivity contribution in [2.24, 2.45) is 0 Å². The first-order valence-electron chi connectivity index (χ1n) is 5.17. The molecule has 0 saturated carbocycles. The van der Waals surface area contributed by atoms with E-state index in [2.05, 4.69) is 15.9 Å². The van der Waals surface area contributed by atoms with E-state index < -0.39 is 0 Å². The Morgan fingerprint density at radius 3 is 2.72 bits per heavy atom. The molecule has 0 atom stereocenters. The lowest BCUT2D eigenvalue weighted by atomic mass is 10.2. The van der Waals surface area contributed by atoms with E-state index in [1.165, 1.54) is 12.1 Å². The topological polar surface area (TPSA) is 35.2 Å². The molecule has 0 spiro atoms. The van der Waals surface area contributed by atoms with Gasteiger partial charge in [-0.2, -0.15) is 0 Å². The van der Waals surface area contributed by atoms with Crippen LogP contribution in [0.1, 0.15) is 5.56 Å². The number of benzene rings is 2. The van der Waals surface area contributed by atoms with Crippen LogP contribution in [0.15, 0.2) is 40.9 Å². The fraction of sp³-hybridized carbons (Fsp3) is 0.0769. The van der Waals surface area contributed by atoms with Crippen LogP contribution < -0.4 is 10.5 Å². The molecule has 0 aliphatic heterocycles. The Hall–Kier alpha value is -1.26. The predicted octanol–water partition coefficient (Wildman–Crippen LogP) is 4.40. The normalized spacial score (nSPS) is 10.4. The summed E-state index contributed by atoms with van der Waals surface area (Å²) >= 11 is 9.07. The SMILES string of the molecule is Nc1ccc(Cl)cc1OCc1cc(F)cc(Br)c1. The number of anilines is 1. The van der Waals surface area contributed by atoms with Crippen LogP contribution in [-0.4, -0.2) is 0 Å². The highest BCUT2D eigenvalue weighted by Gasteiger charge is 2.04. The van der Waals surface area contributed by atoms with Gasteiger partial charge in [0.05, 0.1) is 5.69 Å². The van der Waals surface area contributed by atoms with Crippen molar-refractivity contribution in [2.75, 3.05) is 5.73 Å². The van der Waals surface area contributed by atoms with Gasteiger partial charge in [0.25, 0.3) is 0 Å². The largest absolute Gasteiger partial charge is 0.487 e. The Balaban J connectivity index is 2.13. The molecule has 0 fully saturated rings. The summed E-state index contributed by atoms with van der Waals surface area (Å²) in [6.45, 7) is 0.223. The molecule has 2 N–H and O–H groups in total. The summed E-state index contributed by atoms with van der Waals surface area (Å²) in [5, 5.41) is 0.541. The lowest BCUT2D eigenvalue weighted by molar-refractivity contribution is 0.307. The Kier molecular flexibility index (Phi) is 4.09. The maximum atomic E-state index is 13.2. The summed E-state index contributed by atoms with van der Waals surface area (Å²) in [5.41, 5.74) is 6.95. The smallest absolute Gasteiger partial charge is 0.144 e. The first-order valence-corrected chi connectivity index (χ1v) is 6.34. The lowest BCUT2D eigenvalue weighted by Gasteiger charge is -2.09. The summed E-state index contributed by atoms with van der Waals surface area (Å²) in [5.74, 6) is 0.171. The van der Waals surface area contributed by atoms with Gasteiger partial charge in [-0.1, -0.05) is 27.5 Å². The Morgan fingerprint density at radius 1 is 1.22 bits per heavy atom. The van der Waals surface area contributed by atoms with Gasteiger partial charge < -0.3 is 10.5 Å². The molecule has 0 aliphatic carbocycles. The zero-order chi connectivity index (χ0) is 13.1. The molecule has 94 valence electrons. The second kappa shape index (κ2) is 5.59. The summed E-state index contributed by atoms with van der Waals surface area (Å²) in [6.07, 6.45) is 0. The second-order valence-electron chi connectivity index (χ2n) is 3.75. The van der Waals surface area contributed by atoms with Crippen molar-refractivity contribution in [3.63, 3.8) is 0 Å². The van der Waals surface area contributed by atoms with Crippen molar-refractivity contribution in [1.29, 1.82) is 0 Å². The fourth-order valence-corrected chi connectivity index (χ4v) is 2.16. The zero-order valence-electron chi connectivity index (χ0n) is 9.29. The highest BCUT2D eigenvalue weighted by Crippen LogP contribution is 2.26. The van der Waals surface area contributed by atoms with E-state index in [1.807, 2.05) is 0 Å². The molecule has 0 bridgehead atoms. The van der Waals surface area contributed by atoms with Gasteiger partial charge in [0.2, 0.25) is 0 Å². The fourth-order valence-electron chi connectivity index (χ4n) is 1.49. The maximum Gasteiger partial charge on any atom is 0.144 e. The van der Waals surface area contributed by atoms with Crippen molar-refractivity contribution in [3.8, 4) is 5.75 Å². The van der Waals surface area contributed by atoms with Crippen LogP contribution in [0, 0.1) is 5.82 Å². The number of hydrogen-bond donors (Lipinski definition) is 1. The van der Waals surface area contributed by atoms with Crippen LogP contribution in [0.4, 0.5) is 10.1 Å². The van der Waals surface area contributed by atoms with Crippen molar-refractivity contribution < 1.29 is 9.13 Å². The summed E-state index contributed by atoms with van der Waals surface area (Å²) in [7, 11) is 0. The average molecular weight is 331 g/mol. The molecule has 0 aromatic heterocycles. The number of nitrogens with two attached hydrogens (primary N) is 1. The van der Waals surface area contributed by atoms with Gasteiger partial charge >= 0.3 is 0 Å². The van der Waals surface area contributed by atoms with Crippen LogP contribution in [0.3, 0.4) is 0 Å². The molecule has 18 heavy (non-hydrogen) atoms. The predicted molar refractivity (Wildman–Crippen MR) is 74.3 cm³/mol. The first-order chi connectivity index (χ1) is 8.54. The number of rotatable bonds is 3. The summed E-state index contributed by atoms with van der Waals surface area (Å²) < 4.78 is 19.3. The van der Waals surface area contributed by atoms with Crippen LogP contribution >= 0.6 is 27.5 Å². The van der Waals surface area contributed by atoms with E-state index in [0.29, 0.717) is 26.5 Å². The second-order valence-corrected chi connectivity index (χ2v) is 5.10. The van der Waals surface area contributed by atoms with Crippen LogP contribution in [-0.2, 0) is 6.61 Å². The van der Waals surface area contributed by atoms with Gasteiger partial charge in [-0.25, -0.2) is 4.39 Å². The van der Waals surface area contributed by atoms with E-state index >= 15 is 0 Å². The third-order valence-corrected chi connectivity index (χ3v) is 2.99. The first kappa shape index (κ1) is 13.2. The number of nitrogen functional groups attached to an aromatic ring is 1. The molecule has 2 aromatic rings. The third-order valence-electron chi connectivity index (χ3n) is 2.29. The van der Waals surface area contributed by atoms with Gasteiger partial charge in [0.1, 0.15) is 18.2 Å². The van der Waals surface area contributed by atoms with E-state index in [9.17, 15) is 4.39 Å². The van der Waals surface area contributed by atoms with E-state index in [-0.39, 0.29) is 12.4 Å². The standard InChI is InChI=1S/C13H10BrClFNO/c14-9-3-8(4-11(16)5-9)7-18-13-6-10(15)1-2-12(13)17/h1-6H,7,17H2. The van der Waals surface area contributed by atoms with Gasteiger partial charge in [-0.3, -0.25) is 0 Å². The third kappa shape index (κ3) is 3.37. The van der Waals surface area contributed by atoms with Crippen molar-refractivity contribution in [1.82, 2.24) is 0 Å². The average Bonchev–Trinajstić information content (AvgIpc) is 2.29. The minimum Gasteiger partial charge on any atom is -0.487 e. The Morgan fingerprint density at radius 2 is 2.00 bits per heavy atom. The molecule has 0 saturated heterocycles. The minimum atomic E-state index is -0.318. The molecule has 2 nitrogen and oxygen atoms in total. The van der Waals surface area contributed by atoms with Gasteiger partial charge in [-0.05, 0) is 35.9 Å². The van der Waals surface area contributed by atoms with Crippen LogP contribution in [0.2, 0.25) is 5.02 Å². The highest BCUT2D eigenvalue weighted by molar-refractivity contribution is 9.10. The van der Waals surface area contributed by atoms with Gasteiger partial charge in [0, 0.05) is 15.6 Å². The molecule has 0 amide bonds. The molecule has 0 radical (unpaired) electrons.